The van der Waals surface area contributed by atoms with E-state index >= 15 is 0 Å². The quantitative estimate of drug-likeness (QED) is 0.298. The molecule has 3 aromatic carbocycles. The number of carbonyl (C=O) groups excluding carboxylic acids is 1. The summed E-state index contributed by atoms with van der Waals surface area (Å²) < 4.78 is 1.92. The molecule has 4 rings (SSSR count). The highest BCUT2D eigenvalue weighted by Gasteiger charge is 2.25. The minimum absolute atomic E-state index is 0.0476. The van der Waals surface area contributed by atoms with Crippen molar-refractivity contribution in [1.82, 2.24) is 14.9 Å². The van der Waals surface area contributed by atoms with E-state index in [4.69, 9.17) is 4.98 Å². The Morgan fingerprint density at radius 1 is 0.853 bits per heavy atom. The number of imidazole rings is 1. The number of aryl methyl sites for hydroxylation is 1. The van der Waals surface area contributed by atoms with Crippen LogP contribution in [0.3, 0.4) is 0 Å². The third-order valence-corrected chi connectivity index (χ3v) is 6.19. The average Bonchev–Trinajstić information content (AvgIpc) is 3.22. The van der Waals surface area contributed by atoms with E-state index in [0.717, 1.165) is 48.2 Å². The summed E-state index contributed by atoms with van der Waals surface area (Å²) >= 11 is 0. The highest BCUT2D eigenvalue weighted by atomic mass is 16.2. The maximum atomic E-state index is 13.8. The molecule has 4 nitrogen and oxygen atoms in total. The zero-order valence-corrected chi connectivity index (χ0v) is 20.3. The van der Waals surface area contributed by atoms with Crippen LogP contribution < -0.4 is 5.32 Å². The minimum atomic E-state index is -0.105. The van der Waals surface area contributed by atoms with E-state index in [0.29, 0.717) is 11.4 Å². The van der Waals surface area contributed by atoms with Gasteiger partial charge in [0, 0.05) is 18.2 Å². The fourth-order valence-electron chi connectivity index (χ4n) is 4.45. The first-order valence-corrected chi connectivity index (χ1v) is 12.2. The van der Waals surface area contributed by atoms with Crippen molar-refractivity contribution >= 4 is 5.91 Å². The molecule has 1 heterocycles. The second-order valence-corrected chi connectivity index (χ2v) is 8.73. The van der Waals surface area contributed by atoms with Crippen molar-refractivity contribution < 1.29 is 4.79 Å². The number of carbonyl (C=O) groups is 1. The fraction of sp³-hybridized carbons (Fsp3) is 0.267. The lowest BCUT2D eigenvalue weighted by Crippen LogP contribution is -2.30. The lowest BCUT2D eigenvalue weighted by atomic mass is 10.0. The molecular weight excluding hydrogens is 418 g/mol. The van der Waals surface area contributed by atoms with E-state index in [1.54, 1.807) is 0 Å². The van der Waals surface area contributed by atoms with E-state index in [1.807, 2.05) is 60.1 Å². The van der Waals surface area contributed by atoms with Crippen LogP contribution in [0.2, 0.25) is 0 Å². The molecule has 0 bridgehead atoms. The van der Waals surface area contributed by atoms with Crippen LogP contribution in [0.25, 0.3) is 22.6 Å². The van der Waals surface area contributed by atoms with Crippen LogP contribution in [-0.2, 0) is 13.5 Å². The van der Waals surface area contributed by atoms with E-state index in [1.165, 1.54) is 5.56 Å². The van der Waals surface area contributed by atoms with Crippen LogP contribution in [0.5, 0.6) is 0 Å². The molecule has 0 radical (unpaired) electrons. The number of nitrogens with zero attached hydrogens (tertiary/aromatic N) is 2. The van der Waals surface area contributed by atoms with Gasteiger partial charge in [-0.3, -0.25) is 4.79 Å². The monoisotopic (exact) mass is 451 g/mol. The molecule has 1 amide bonds. The first-order valence-electron chi connectivity index (χ1n) is 12.2. The van der Waals surface area contributed by atoms with Crippen molar-refractivity contribution in [2.45, 2.75) is 45.6 Å². The molecule has 174 valence electrons. The number of rotatable bonds is 9. The Balaban J connectivity index is 1.76. The van der Waals surface area contributed by atoms with Gasteiger partial charge in [0.2, 0.25) is 0 Å². The third kappa shape index (κ3) is 5.12. The van der Waals surface area contributed by atoms with Gasteiger partial charge in [-0.05, 0) is 24.0 Å². The van der Waals surface area contributed by atoms with Crippen LogP contribution in [0, 0.1) is 0 Å². The van der Waals surface area contributed by atoms with Crippen molar-refractivity contribution in [3.63, 3.8) is 0 Å². The molecule has 1 N–H and O–H groups in total. The molecule has 0 fully saturated rings. The summed E-state index contributed by atoms with van der Waals surface area (Å²) in [4.78, 5) is 18.7. The number of aromatic nitrogens is 2. The van der Waals surface area contributed by atoms with Crippen molar-refractivity contribution in [2.24, 2.45) is 7.05 Å². The number of hydrogen-bond acceptors (Lipinski definition) is 2. The van der Waals surface area contributed by atoms with E-state index < -0.39 is 0 Å². The second-order valence-electron chi connectivity index (χ2n) is 8.73. The summed E-state index contributed by atoms with van der Waals surface area (Å²) in [6.45, 7) is 4.32. The Hall–Kier alpha value is -3.66. The summed E-state index contributed by atoms with van der Waals surface area (Å²) in [5.41, 5.74) is 5.65. The van der Waals surface area contributed by atoms with E-state index in [-0.39, 0.29) is 11.9 Å². The lowest BCUT2D eigenvalue weighted by molar-refractivity contribution is 0.0927. The maximum Gasteiger partial charge on any atom is 0.270 e. The maximum absolute atomic E-state index is 13.8. The fourth-order valence-corrected chi connectivity index (χ4v) is 4.45. The van der Waals surface area contributed by atoms with Crippen molar-refractivity contribution in [3.8, 4) is 22.6 Å². The zero-order chi connectivity index (χ0) is 23.9. The Kier molecular flexibility index (Phi) is 7.58. The van der Waals surface area contributed by atoms with Crippen LogP contribution >= 0.6 is 0 Å². The number of nitrogens with one attached hydrogen (secondary N) is 1. The Morgan fingerprint density at radius 3 is 2.12 bits per heavy atom. The summed E-state index contributed by atoms with van der Waals surface area (Å²) in [6.07, 6.45) is 4.00. The molecule has 0 saturated carbocycles. The standard InChI is InChI=1S/C30H33N3O/c1-4-12-22-18-20-24(21-19-22)27-28(33(3)29(32-27)25-16-10-7-11-17-25)30(34)31-26(13-5-2)23-14-8-6-9-15-23/h6-11,14-21,26H,4-5,12-13H2,1-3H3,(H,31,34). The van der Waals surface area contributed by atoms with Crippen LogP contribution in [0.1, 0.15) is 60.8 Å². The Morgan fingerprint density at radius 2 is 1.50 bits per heavy atom. The van der Waals surface area contributed by atoms with E-state index in [2.05, 4.69) is 55.6 Å². The molecule has 0 aliphatic carbocycles. The summed E-state index contributed by atoms with van der Waals surface area (Å²) in [7, 11) is 1.93. The van der Waals surface area contributed by atoms with Gasteiger partial charge >= 0.3 is 0 Å². The zero-order valence-electron chi connectivity index (χ0n) is 20.3. The van der Waals surface area contributed by atoms with Gasteiger partial charge in [0.1, 0.15) is 17.2 Å². The SMILES string of the molecule is CCCc1ccc(-c2nc(-c3ccccc3)n(C)c2C(=O)NC(CCC)c2ccccc2)cc1. The van der Waals surface area contributed by atoms with Gasteiger partial charge in [0.15, 0.2) is 0 Å². The smallest absolute Gasteiger partial charge is 0.270 e. The van der Waals surface area contributed by atoms with Gasteiger partial charge in [-0.25, -0.2) is 4.98 Å². The van der Waals surface area contributed by atoms with Gasteiger partial charge in [-0.15, -0.1) is 0 Å². The average molecular weight is 452 g/mol. The lowest BCUT2D eigenvalue weighted by Gasteiger charge is -2.19. The molecule has 34 heavy (non-hydrogen) atoms. The van der Waals surface area contributed by atoms with Crippen molar-refractivity contribution in [3.05, 3.63) is 102 Å². The van der Waals surface area contributed by atoms with Gasteiger partial charge in [0.05, 0.1) is 6.04 Å². The largest absolute Gasteiger partial charge is 0.344 e. The van der Waals surface area contributed by atoms with Crippen molar-refractivity contribution in [2.75, 3.05) is 0 Å². The highest BCUT2D eigenvalue weighted by molar-refractivity contribution is 5.99. The predicted molar refractivity (Wildman–Crippen MR) is 140 cm³/mol. The topological polar surface area (TPSA) is 46.9 Å². The first-order chi connectivity index (χ1) is 16.6. The predicted octanol–water partition coefficient (Wildman–Crippen LogP) is 6.98. The molecule has 1 atom stereocenters. The molecule has 4 heteroatoms. The molecule has 0 aliphatic rings. The second kappa shape index (κ2) is 11.0. The van der Waals surface area contributed by atoms with Gasteiger partial charge in [-0.2, -0.15) is 0 Å². The third-order valence-electron chi connectivity index (χ3n) is 6.19. The van der Waals surface area contributed by atoms with Gasteiger partial charge < -0.3 is 9.88 Å². The molecule has 0 spiro atoms. The van der Waals surface area contributed by atoms with Crippen molar-refractivity contribution in [1.29, 1.82) is 0 Å². The summed E-state index contributed by atoms with van der Waals surface area (Å²) in [5, 5.41) is 3.30. The highest BCUT2D eigenvalue weighted by Crippen LogP contribution is 2.30. The molecule has 0 saturated heterocycles. The van der Waals surface area contributed by atoms with E-state index in [9.17, 15) is 4.79 Å². The summed E-state index contributed by atoms with van der Waals surface area (Å²) in [6, 6.07) is 28.6. The minimum Gasteiger partial charge on any atom is -0.344 e. The molecule has 1 unspecified atom stereocenters. The number of hydrogen-bond donors (Lipinski definition) is 1. The van der Waals surface area contributed by atoms with Crippen LogP contribution in [0.4, 0.5) is 0 Å². The molecule has 0 aliphatic heterocycles. The molecular formula is C30H33N3O. The number of amides is 1. The summed E-state index contributed by atoms with van der Waals surface area (Å²) in [5.74, 6) is 0.678. The molecule has 4 aromatic rings. The van der Waals surface area contributed by atoms with Gasteiger partial charge in [0.25, 0.3) is 5.91 Å². The Bertz CT molecular complexity index is 1210. The van der Waals surface area contributed by atoms with Crippen LogP contribution in [-0.4, -0.2) is 15.5 Å². The molecule has 1 aromatic heterocycles. The van der Waals surface area contributed by atoms with Crippen LogP contribution in [0.15, 0.2) is 84.9 Å². The Labute approximate surface area is 202 Å². The van der Waals surface area contributed by atoms with Gasteiger partial charge in [-0.1, -0.05) is 112 Å². The first kappa shape index (κ1) is 23.5. The number of benzene rings is 3. The normalized spacial score (nSPS) is 11.9.